The number of hydrogen-bond acceptors (Lipinski definition) is 6. The van der Waals surface area contributed by atoms with E-state index < -0.39 is 16.7 Å². The van der Waals surface area contributed by atoms with E-state index in [-0.39, 0.29) is 18.0 Å². The van der Waals surface area contributed by atoms with E-state index in [2.05, 4.69) is 10.4 Å². The van der Waals surface area contributed by atoms with Gasteiger partial charge in [0.25, 0.3) is 0 Å². The number of halogens is 1. The van der Waals surface area contributed by atoms with Gasteiger partial charge in [0.05, 0.1) is 18.2 Å². The van der Waals surface area contributed by atoms with Crippen LogP contribution in [-0.2, 0) is 16.1 Å². The van der Waals surface area contributed by atoms with Gasteiger partial charge in [-0.25, -0.2) is 5.43 Å². The molecule has 2 amide bonds. The van der Waals surface area contributed by atoms with Crippen molar-refractivity contribution in [1.29, 1.82) is 0 Å². The number of hydrogen-bond donors (Lipinski definition) is 2. The lowest BCUT2D eigenvalue weighted by Gasteiger charge is -2.04. The van der Waals surface area contributed by atoms with Gasteiger partial charge in [-0.05, 0) is 29.8 Å². The van der Waals surface area contributed by atoms with E-state index in [1.54, 1.807) is 24.3 Å². The van der Waals surface area contributed by atoms with E-state index in [9.17, 15) is 19.7 Å². The highest BCUT2D eigenvalue weighted by Gasteiger charge is 2.15. The molecule has 0 radical (unpaired) electrons. The van der Waals surface area contributed by atoms with Crippen LogP contribution in [0.5, 0.6) is 5.75 Å². The molecule has 9 nitrogen and oxygen atoms in total. The molecule has 0 aliphatic rings. The van der Waals surface area contributed by atoms with Gasteiger partial charge in [-0.1, -0.05) is 23.7 Å². The van der Waals surface area contributed by atoms with Crippen LogP contribution < -0.4 is 15.5 Å². The second kappa shape index (κ2) is 9.30. The lowest BCUT2D eigenvalue weighted by Crippen LogP contribution is -2.37. The van der Waals surface area contributed by atoms with Crippen LogP contribution in [0.15, 0.2) is 47.6 Å². The van der Waals surface area contributed by atoms with Crippen LogP contribution >= 0.6 is 11.6 Å². The highest BCUT2D eigenvalue weighted by molar-refractivity contribution is 6.35. The minimum atomic E-state index is -0.969. The van der Waals surface area contributed by atoms with E-state index in [4.69, 9.17) is 16.3 Å². The third-order valence-corrected chi connectivity index (χ3v) is 3.60. The SMILES string of the molecule is COc1ccc(/C=N\NC(=O)C(=O)NCc2ccc(Cl)cc2)cc1[N+](=O)[O-]. The number of benzene rings is 2. The van der Waals surface area contributed by atoms with Crippen molar-refractivity contribution in [2.24, 2.45) is 5.10 Å². The largest absolute Gasteiger partial charge is 0.490 e. The molecular weight excluding hydrogens is 376 g/mol. The van der Waals surface area contributed by atoms with Crippen LogP contribution in [0.1, 0.15) is 11.1 Å². The lowest BCUT2D eigenvalue weighted by molar-refractivity contribution is -0.385. The molecule has 0 atom stereocenters. The van der Waals surface area contributed by atoms with Gasteiger partial charge in [0.15, 0.2) is 5.75 Å². The Morgan fingerprint density at radius 1 is 1.22 bits per heavy atom. The Hall–Kier alpha value is -3.46. The Bertz CT molecular complexity index is 883. The van der Waals surface area contributed by atoms with Crippen LogP contribution in [0.3, 0.4) is 0 Å². The molecule has 0 aliphatic carbocycles. The van der Waals surface area contributed by atoms with E-state index in [1.807, 2.05) is 5.43 Å². The monoisotopic (exact) mass is 390 g/mol. The molecule has 2 N–H and O–H groups in total. The number of amides is 2. The quantitative estimate of drug-likeness (QED) is 0.338. The zero-order valence-corrected chi connectivity index (χ0v) is 14.9. The molecule has 140 valence electrons. The summed E-state index contributed by atoms with van der Waals surface area (Å²) in [5.74, 6) is -1.74. The van der Waals surface area contributed by atoms with Gasteiger partial charge in [0, 0.05) is 23.2 Å². The molecule has 2 aromatic rings. The zero-order valence-electron chi connectivity index (χ0n) is 14.1. The Morgan fingerprint density at radius 2 is 1.93 bits per heavy atom. The van der Waals surface area contributed by atoms with E-state index in [0.717, 1.165) is 5.56 Å². The Kier molecular flexibility index (Phi) is 6.84. The summed E-state index contributed by atoms with van der Waals surface area (Å²) in [6.45, 7) is 0.151. The van der Waals surface area contributed by atoms with Crippen LogP contribution in [-0.4, -0.2) is 30.1 Å². The normalized spacial score (nSPS) is 10.4. The van der Waals surface area contributed by atoms with Crippen molar-refractivity contribution in [3.8, 4) is 5.75 Å². The summed E-state index contributed by atoms with van der Waals surface area (Å²) < 4.78 is 4.89. The number of nitrogens with zero attached hydrogens (tertiary/aromatic N) is 2. The first-order chi connectivity index (χ1) is 12.9. The number of nitro benzene ring substituents is 1. The van der Waals surface area contributed by atoms with Gasteiger partial charge in [-0.3, -0.25) is 19.7 Å². The van der Waals surface area contributed by atoms with Crippen molar-refractivity contribution in [3.05, 3.63) is 68.7 Å². The molecule has 0 saturated heterocycles. The maximum absolute atomic E-state index is 11.7. The summed E-state index contributed by atoms with van der Waals surface area (Å²) in [6, 6.07) is 10.9. The second-order valence-electron chi connectivity index (χ2n) is 5.20. The summed E-state index contributed by atoms with van der Waals surface area (Å²) in [4.78, 5) is 33.8. The molecule has 0 aliphatic heterocycles. The average Bonchev–Trinajstić information content (AvgIpc) is 2.67. The summed E-state index contributed by atoms with van der Waals surface area (Å²) >= 11 is 5.76. The van der Waals surface area contributed by atoms with Gasteiger partial charge >= 0.3 is 17.5 Å². The minimum absolute atomic E-state index is 0.0998. The smallest absolute Gasteiger partial charge is 0.329 e. The molecule has 0 saturated carbocycles. The van der Waals surface area contributed by atoms with Crippen molar-refractivity contribution in [2.75, 3.05) is 7.11 Å². The first-order valence-electron chi connectivity index (χ1n) is 7.59. The van der Waals surface area contributed by atoms with Crippen LogP contribution in [0.2, 0.25) is 5.02 Å². The Balaban J connectivity index is 1.90. The van der Waals surface area contributed by atoms with Gasteiger partial charge in [0.2, 0.25) is 0 Å². The number of carbonyl (C=O) groups excluding carboxylic acids is 2. The van der Waals surface area contributed by atoms with Crippen LogP contribution in [0.4, 0.5) is 5.69 Å². The molecule has 0 heterocycles. The minimum Gasteiger partial charge on any atom is -0.490 e. The zero-order chi connectivity index (χ0) is 19.8. The fourth-order valence-corrected chi connectivity index (χ4v) is 2.14. The van der Waals surface area contributed by atoms with Gasteiger partial charge < -0.3 is 10.1 Å². The van der Waals surface area contributed by atoms with Crippen molar-refractivity contribution in [2.45, 2.75) is 6.54 Å². The second-order valence-corrected chi connectivity index (χ2v) is 5.63. The molecule has 10 heteroatoms. The highest BCUT2D eigenvalue weighted by Crippen LogP contribution is 2.26. The number of rotatable bonds is 6. The standard InChI is InChI=1S/C17H15ClN4O5/c1-27-15-7-4-12(8-14(15)22(25)26)10-20-21-17(24)16(23)19-9-11-2-5-13(18)6-3-11/h2-8,10H,9H2,1H3,(H,19,23)(H,21,24)/b20-10-. The first-order valence-corrected chi connectivity index (χ1v) is 7.96. The predicted molar refractivity (Wildman–Crippen MR) is 98.7 cm³/mol. The van der Waals surface area contributed by atoms with Crippen molar-refractivity contribution in [3.63, 3.8) is 0 Å². The number of nitro groups is 1. The summed E-state index contributed by atoms with van der Waals surface area (Å²) in [6.07, 6.45) is 1.18. The lowest BCUT2D eigenvalue weighted by atomic mass is 10.2. The Morgan fingerprint density at radius 3 is 2.56 bits per heavy atom. The highest BCUT2D eigenvalue weighted by atomic mass is 35.5. The molecule has 0 fully saturated rings. The van der Waals surface area contributed by atoms with Gasteiger partial charge in [-0.2, -0.15) is 5.10 Å². The molecule has 0 bridgehead atoms. The predicted octanol–water partition coefficient (Wildman–Crippen LogP) is 2.02. The first kappa shape index (κ1) is 19.9. The molecule has 0 spiro atoms. The fourth-order valence-electron chi connectivity index (χ4n) is 2.01. The maximum Gasteiger partial charge on any atom is 0.329 e. The van der Waals surface area contributed by atoms with Gasteiger partial charge in [0.1, 0.15) is 0 Å². The van der Waals surface area contributed by atoms with Crippen LogP contribution in [0.25, 0.3) is 0 Å². The number of methoxy groups -OCH3 is 1. The third kappa shape index (κ3) is 5.79. The topological polar surface area (TPSA) is 123 Å². The third-order valence-electron chi connectivity index (χ3n) is 3.35. The summed E-state index contributed by atoms with van der Waals surface area (Å²) in [5.41, 5.74) is 2.93. The van der Waals surface area contributed by atoms with E-state index in [1.165, 1.54) is 31.5 Å². The number of carbonyl (C=O) groups is 2. The molecule has 2 rings (SSSR count). The molecule has 2 aromatic carbocycles. The van der Waals surface area contributed by atoms with Crippen molar-refractivity contribution in [1.82, 2.24) is 10.7 Å². The van der Waals surface area contributed by atoms with Crippen molar-refractivity contribution >= 4 is 35.3 Å². The molecule has 27 heavy (non-hydrogen) atoms. The Labute approximate surface area is 159 Å². The summed E-state index contributed by atoms with van der Waals surface area (Å²) in [5, 5.41) is 17.6. The fraction of sp³-hybridized carbons (Fsp3) is 0.118. The van der Waals surface area contributed by atoms with Crippen LogP contribution in [0, 0.1) is 10.1 Å². The van der Waals surface area contributed by atoms with E-state index >= 15 is 0 Å². The maximum atomic E-state index is 11.7. The number of ether oxygens (including phenoxy) is 1. The summed E-state index contributed by atoms with van der Waals surface area (Å²) in [7, 11) is 1.32. The van der Waals surface area contributed by atoms with E-state index in [0.29, 0.717) is 10.6 Å². The van der Waals surface area contributed by atoms with Gasteiger partial charge in [-0.15, -0.1) is 0 Å². The average molecular weight is 391 g/mol. The molecule has 0 aromatic heterocycles. The molecular formula is C17H15ClN4O5. The number of nitrogens with one attached hydrogen (secondary N) is 2. The molecule has 0 unspecified atom stereocenters. The van der Waals surface area contributed by atoms with Crippen molar-refractivity contribution < 1.29 is 19.2 Å². The number of hydrazone groups is 1.